The van der Waals surface area contributed by atoms with Crippen molar-refractivity contribution in [1.29, 1.82) is 0 Å². The molecule has 4 heterocycles. The number of piperidine rings is 1. The maximum Gasteiger partial charge on any atom is 0.332 e. The molecule has 1 N–H and O–H groups in total. The van der Waals surface area contributed by atoms with Crippen LogP contribution in [0.5, 0.6) is 0 Å². The number of carbonyl (C=O) groups excluding carboxylic acids is 1. The molecular weight excluding hydrogens is 386 g/mol. The number of nitrogens with one attached hydrogen (secondary N) is 1. The number of aromatic nitrogens is 3. The summed E-state index contributed by atoms with van der Waals surface area (Å²) in [4.78, 5) is 43.9. The summed E-state index contributed by atoms with van der Waals surface area (Å²) >= 11 is 0. The van der Waals surface area contributed by atoms with Crippen molar-refractivity contribution >= 4 is 16.9 Å². The van der Waals surface area contributed by atoms with E-state index in [0.717, 1.165) is 36.3 Å². The predicted molar refractivity (Wildman–Crippen MR) is 111 cm³/mol. The number of fused-ring (bicyclic) bond motifs is 1. The highest BCUT2D eigenvalue weighted by molar-refractivity contribution is 5.96. The fourth-order valence-electron chi connectivity index (χ4n) is 4.00. The number of pyridine rings is 1. The maximum absolute atomic E-state index is 12.8. The van der Waals surface area contributed by atoms with Crippen molar-refractivity contribution in [3.05, 3.63) is 62.8 Å². The molecule has 1 aliphatic rings. The molecule has 1 atom stereocenters. The number of amides is 1. The highest BCUT2D eigenvalue weighted by Crippen LogP contribution is 2.24. The quantitative estimate of drug-likeness (QED) is 0.676. The van der Waals surface area contributed by atoms with E-state index in [2.05, 4.69) is 15.2 Å². The Morgan fingerprint density at radius 2 is 1.97 bits per heavy atom. The fourth-order valence-corrected chi connectivity index (χ4v) is 4.00. The second kappa shape index (κ2) is 8.27. The lowest BCUT2D eigenvalue weighted by molar-refractivity contribution is 0.0914. The van der Waals surface area contributed by atoms with Crippen LogP contribution < -0.4 is 16.6 Å². The Labute approximate surface area is 172 Å². The van der Waals surface area contributed by atoms with Gasteiger partial charge in [-0.2, -0.15) is 0 Å². The number of nitrogens with zero attached hydrogens (tertiary/aromatic N) is 4. The van der Waals surface area contributed by atoms with Crippen molar-refractivity contribution in [2.75, 3.05) is 19.6 Å². The number of furan rings is 1. The van der Waals surface area contributed by atoms with Crippen LogP contribution in [0.1, 0.15) is 41.4 Å². The molecule has 0 saturated carbocycles. The molecule has 1 aliphatic heterocycles. The number of hydrogen-bond donors (Lipinski definition) is 1. The van der Waals surface area contributed by atoms with Crippen LogP contribution in [0.3, 0.4) is 0 Å². The number of likely N-dealkylation sites (tertiary alicyclic amines) is 1. The predicted octanol–water partition coefficient (Wildman–Crippen LogP) is 1.18. The minimum Gasteiger partial charge on any atom is -0.468 e. The summed E-state index contributed by atoms with van der Waals surface area (Å²) in [5, 5.41) is 3.18. The van der Waals surface area contributed by atoms with Gasteiger partial charge in [-0.05, 0) is 44.1 Å². The molecule has 1 amide bonds. The number of carbonyl (C=O) groups is 1. The summed E-state index contributed by atoms with van der Waals surface area (Å²) < 4.78 is 7.92. The Bertz CT molecular complexity index is 1170. The van der Waals surface area contributed by atoms with E-state index in [1.165, 1.54) is 30.3 Å². The third kappa shape index (κ3) is 3.68. The van der Waals surface area contributed by atoms with E-state index >= 15 is 0 Å². The average Bonchev–Trinajstić information content (AvgIpc) is 3.31. The summed E-state index contributed by atoms with van der Waals surface area (Å²) in [6.45, 7) is 2.31. The van der Waals surface area contributed by atoms with Crippen LogP contribution in [0.25, 0.3) is 11.0 Å². The van der Waals surface area contributed by atoms with Gasteiger partial charge in [-0.1, -0.05) is 6.42 Å². The summed E-state index contributed by atoms with van der Waals surface area (Å²) in [6, 6.07) is 5.21. The third-order valence-corrected chi connectivity index (χ3v) is 5.71. The molecule has 4 rings (SSSR count). The summed E-state index contributed by atoms with van der Waals surface area (Å²) in [6.07, 6.45) is 6.50. The molecular formula is C21H25N5O4. The zero-order valence-electron chi connectivity index (χ0n) is 17.1. The van der Waals surface area contributed by atoms with Gasteiger partial charge in [0.25, 0.3) is 11.5 Å². The molecule has 158 valence electrons. The summed E-state index contributed by atoms with van der Waals surface area (Å²) in [5.74, 6) is 0.492. The van der Waals surface area contributed by atoms with Crippen LogP contribution in [0.4, 0.5) is 0 Å². The van der Waals surface area contributed by atoms with Crippen LogP contribution in [0.2, 0.25) is 0 Å². The molecule has 1 fully saturated rings. The minimum absolute atomic E-state index is 0.0497. The molecule has 0 unspecified atom stereocenters. The van der Waals surface area contributed by atoms with E-state index in [4.69, 9.17) is 4.42 Å². The largest absolute Gasteiger partial charge is 0.468 e. The Morgan fingerprint density at radius 1 is 1.20 bits per heavy atom. The third-order valence-electron chi connectivity index (χ3n) is 5.71. The first-order chi connectivity index (χ1) is 14.5. The van der Waals surface area contributed by atoms with E-state index < -0.39 is 11.2 Å². The van der Waals surface area contributed by atoms with Gasteiger partial charge >= 0.3 is 5.69 Å². The van der Waals surface area contributed by atoms with Crippen LogP contribution in [0, 0.1) is 0 Å². The lowest BCUT2D eigenvalue weighted by atomic mass is 10.1. The second-order valence-electron chi connectivity index (χ2n) is 7.64. The molecule has 0 bridgehead atoms. The zero-order chi connectivity index (χ0) is 21.3. The van der Waals surface area contributed by atoms with Crippen molar-refractivity contribution < 1.29 is 9.21 Å². The smallest absolute Gasteiger partial charge is 0.332 e. The van der Waals surface area contributed by atoms with Gasteiger partial charge < -0.3 is 9.73 Å². The number of rotatable bonds is 5. The van der Waals surface area contributed by atoms with Crippen LogP contribution in [-0.2, 0) is 14.1 Å². The average molecular weight is 411 g/mol. The van der Waals surface area contributed by atoms with Gasteiger partial charge in [0.05, 0.1) is 23.3 Å². The molecule has 0 radical (unpaired) electrons. The topological polar surface area (TPSA) is 102 Å². The first-order valence-electron chi connectivity index (χ1n) is 10.1. The molecule has 1 saturated heterocycles. The maximum atomic E-state index is 12.8. The van der Waals surface area contributed by atoms with Gasteiger partial charge in [0, 0.05) is 26.8 Å². The van der Waals surface area contributed by atoms with E-state index in [-0.39, 0.29) is 28.5 Å². The Morgan fingerprint density at radius 3 is 2.67 bits per heavy atom. The van der Waals surface area contributed by atoms with Crippen LogP contribution in [-0.4, -0.2) is 44.6 Å². The van der Waals surface area contributed by atoms with Gasteiger partial charge in [-0.25, -0.2) is 9.78 Å². The second-order valence-corrected chi connectivity index (χ2v) is 7.64. The Balaban J connectivity index is 1.57. The SMILES string of the molecule is Cn1c(=O)c2cc(C(=O)NC[C@H](c3ccco3)N3CCCCC3)cnc2n(C)c1=O. The molecule has 9 heteroatoms. The normalized spacial score (nSPS) is 15.9. The molecule has 30 heavy (non-hydrogen) atoms. The van der Waals surface area contributed by atoms with Crippen molar-refractivity contribution in [1.82, 2.24) is 24.3 Å². The van der Waals surface area contributed by atoms with Crippen molar-refractivity contribution in [2.24, 2.45) is 14.1 Å². The number of hydrogen-bond acceptors (Lipinski definition) is 6. The number of aryl methyl sites for hydroxylation is 1. The van der Waals surface area contributed by atoms with Crippen LogP contribution in [0.15, 0.2) is 44.7 Å². The van der Waals surface area contributed by atoms with Crippen molar-refractivity contribution in [3.8, 4) is 0 Å². The molecule has 3 aromatic rings. The van der Waals surface area contributed by atoms with Crippen molar-refractivity contribution in [3.63, 3.8) is 0 Å². The minimum atomic E-state index is -0.475. The van der Waals surface area contributed by atoms with Gasteiger partial charge in [0.15, 0.2) is 0 Å². The van der Waals surface area contributed by atoms with Gasteiger partial charge in [0.1, 0.15) is 11.4 Å². The molecule has 0 spiro atoms. The Kier molecular flexibility index (Phi) is 5.54. The highest BCUT2D eigenvalue weighted by Gasteiger charge is 2.25. The van der Waals surface area contributed by atoms with E-state index in [0.29, 0.717) is 6.54 Å². The van der Waals surface area contributed by atoms with Gasteiger partial charge in [0.2, 0.25) is 0 Å². The molecule has 0 aromatic carbocycles. The Hall–Kier alpha value is -3.20. The van der Waals surface area contributed by atoms with E-state index in [9.17, 15) is 14.4 Å². The van der Waals surface area contributed by atoms with Crippen LogP contribution >= 0.6 is 0 Å². The summed E-state index contributed by atoms with van der Waals surface area (Å²) in [5.41, 5.74) is -0.409. The van der Waals surface area contributed by atoms with Gasteiger partial charge in [-0.15, -0.1) is 0 Å². The fraction of sp³-hybridized carbons (Fsp3) is 0.429. The lowest BCUT2D eigenvalue weighted by Crippen LogP contribution is -2.40. The monoisotopic (exact) mass is 411 g/mol. The van der Waals surface area contributed by atoms with Crippen molar-refractivity contribution in [2.45, 2.75) is 25.3 Å². The highest BCUT2D eigenvalue weighted by atomic mass is 16.3. The standard InChI is InChI=1S/C21H25N5O4/c1-24-18-15(20(28)25(2)21(24)29)11-14(12-22-18)19(27)23-13-16(17-7-6-10-30-17)26-8-4-3-5-9-26/h6-7,10-12,16H,3-5,8-9,13H2,1-2H3,(H,23,27)/t16-/m1/s1. The van der Waals surface area contributed by atoms with E-state index in [1.807, 2.05) is 12.1 Å². The lowest BCUT2D eigenvalue weighted by Gasteiger charge is -2.33. The molecule has 9 nitrogen and oxygen atoms in total. The first kappa shape index (κ1) is 20.1. The zero-order valence-corrected chi connectivity index (χ0v) is 17.1. The van der Waals surface area contributed by atoms with Gasteiger partial charge in [-0.3, -0.25) is 23.6 Å². The van der Waals surface area contributed by atoms with E-state index in [1.54, 1.807) is 13.3 Å². The summed E-state index contributed by atoms with van der Waals surface area (Å²) in [7, 11) is 2.95. The first-order valence-corrected chi connectivity index (χ1v) is 10.1. The molecule has 0 aliphatic carbocycles. The molecule has 3 aromatic heterocycles.